The minimum absolute atomic E-state index is 0.158. The summed E-state index contributed by atoms with van der Waals surface area (Å²) in [5.74, 6) is 2.74. The Morgan fingerprint density at radius 3 is 2.69 bits per heavy atom. The molecule has 6 heterocycles. The number of fused-ring (bicyclic) bond motifs is 2. The number of aromatic nitrogens is 4. The van der Waals surface area contributed by atoms with E-state index < -0.39 is 0 Å². The van der Waals surface area contributed by atoms with Gasteiger partial charge in [-0.2, -0.15) is 0 Å². The Labute approximate surface area is 207 Å². The fraction of sp³-hybridized carbons (Fsp3) is 0.440. The summed E-state index contributed by atoms with van der Waals surface area (Å²) in [7, 11) is 0. The van der Waals surface area contributed by atoms with Crippen molar-refractivity contribution < 1.29 is 9.47 Å². The Hall–Kier alpha value is -3.11. The van der Waals surface area contributed by atoms with E-state index in [0.29, 0.717) is 36.1 Å². The maximum absolute atomic E-state index is 6.38. The van der Waals surface area contributed by atoms with Crippen molar-refractivity contribution in [3.05, 3.63) is 48.0 Å². The molecule has 2 spiro atoms. The van der Waals surface area contributed by atoms with Gasteiger partial charge in [-0.15, -0.1) is 0 Å². The predicted molar refractivity (Wildman–Crippen MR) is 133 cm³/mol. The number of anilines is 3. The fourth-order valence-corrected chi connectivity index (χ4v) is 6.48. The molecule has 3 N–H and O–H groups in total. The van der Waals surface area contributed by atoms with E-state index >= 15 is 0 Å². The summed E-state index contributed by atoms with van der Waals surface area (Å²) in [5, 5.41) is 4.15. The van der Waals surface area contributed by atoms with E-state index in [1.165, 1.54) is 23.0 Å². The van der Waals surface area contributed by atoms with Gasteiger partial charge in [0.05, 0.1) is 24.3 Å². The van der Waals surface area contributed by atoms with Crippen molar-refractivity contribution in [1.29, 1.82) is 0 Å². The van der Waals surface area contributed by atoms with Crippen LogP contribution < -0.4 is 20.7 Å². The van der Waals surface area contributed by atoms with Crippen molar-refractivity contribution in [2.75, 3.05) is 48.9 Å². The second-order valence-corrected chi connectivity index (χ2v) is 11.2. The predicted octanol–water partition coefficient (Wildman–Crippen LogP) is 2.96. The second-order valence-electron chi connectivity index (χ2n) is 10.1. The van der Waals surface area contributed by atoms with Crippen molar-refractivity contribution in [3.63, 3.8) is 0 Å². The third-order valence-electron chi connectivity index (χ3n) is 7.70. The van der Waals surface area contributed by atoms with Gasteiger partial charge in [0.2, 0.25) is 0 Å². The van der Waals surface area contributed by atoms with Crippen molar-refractivity contribution in [1.82, 2.24) is 19.9 Å². The van der Waals surface area contributed by atoms with Crippen molar-refractivity contribution in [3.8, 4) is 5.75 Å². The highest BCUT2D eigenvalue weighted by atomic mass is 32.2. The summed E-state index contributed by atoms with van der Waals surface area (Å²) < 4.78 is 11.4. The van der Waals surface area contributed by atoms with Crippen molar-refractivity contribution >= 4 is 29.2 Å². The lowest BCUT2D eigenvalue weighted by molar-refractivity contribution is -0.0652. The number of rotatable bonds is 3. The maximum atomic E-state index is 6.38. The van der Waals surface area contributed by atoms with E-state index in [1.807, 2.05) is 18.5 Å². The molecule has 180 valence electrons. The quantitative estimate of drug-likeness (QED) is 0.569. The highest BCUT2D eigenvalue weighted by Crippen LogP contribution is 2.45. The second kappa shape index (κ2) is 7.96. The minimum atomic E-state index is -0.158. The van der Waals surface area contributed by atoms with E-state index in [2.05, 4.69) is 37.3 Å². The molecular formula is C25H27N7O2S. The van der Waals surface area contributed by atoms with Crippen LogP contribution in [0.25, 0.3) is 0 Å². The molecular weight excluding hydrogens is 462 g/mol. The number of ether oxygens (including phenoxy) is 2. The molecule has 0 unspecified atom stereocenters. The van der Waals surface area contributed by atoms with Crippen LogP contribution in [0.1, 0.15) is 24.1 Å². The standard InChI is InChI=1S/C25H27N7O2S/c26-21-23(35-18-3-7-28-22-20(18)34-15-25(31-22)13-33-14-25)29-12-19(30-21)32-8-4-24(5-9-32)10-16-2-1-6-27-17(16)11-24/h1-3,6-7,12H,4-5,8-11,13-15H2,(H2,26,30)(H,28,31). The van der Waals surface area contributed by atoms with Gasteiger partial charge in [0.15, 0.2) is 17.4 Å². The lowest BCUT2D eigenvalue weighted by Crippen LogP contribution is -2.61. The largest absolute Gasteiger partial charge is 0.486 e. The lowest BCUT2D eigenvalue weighted by atomic mass is 9.76. The number of nitrogen functional groups attached to an aromatic ring is 1. The van der Waals surface area contributed by atoms with Crippen LogP contribution >= 0.6 is 11.8 Å². The summed E-state index contributed by atoms with van der Waals surface area (Å²) in [6.45, 7) is 3.73. The van der Waals surface area contributed by atoms with E-state index in [9.17, 15) is 0 Å². The number of hydrogen-bond acceptors (Lipinski definition) is 10. The highest BCUT2D eigenvalue weighted by Gasteiger charge is 2.44. The molecule has 3 aromatic rings. The average molecular weight is 490 g/mol. The molecule has 3 aromatic heterocycles. The van der Waals surface area contributed by atoms with Gasteiger partial charge in [0.25, 0.3) is 0 Å². The van der Waals surface area contributed by atoms with E-state index in [0.717, 1.165) is 61.1 Å². The van der Waals surface area contributed by atoms with Gasteiger partial charge in [-0.25, -0.2) is 15.0 Å². The third-order valence-corrected chi connectivity index (χ3v) is 8.75. The van der Waals surface area contributed by atoms with Crippen LogP contribution in [-0.4, -0.2) is 58.4 Å². The number of pyridine rings is 2. The summed E-state index contributed by atoms with van der Waals surface area (Å²) >= 11 is 1.46. The molecule has 0 radical (unpaired) electrons. The number of nitrogens with one attached hydrogen (secondary N) is 1. The zero-order valence-corrected chi connectivity index (χ0v) is 20.2. The minimum Gasteiger partial charge on any atom is -0.486 e. The van der Waals surface area contributed by atoms with E-state index in [1.54, 1.807) is 6.20 Å². The summed E-state index contributed by atoms with van der Waals surface area (Å²) in [5.41, 5.74) is 9.25. The molecule has 7 rings (SSSR count). The first kappa shape index (κ1) is 21.2. The Kier molecular flexibility index (Phi) is 4.82. The van der Waals surface area contributed by atoms with E-state index in [4.69, 9.17) is 20.2 Å². The first-order chi connectivity index (χ1) is 17.1. The van der Waals surface area contributed by atoms with Crippen LogP contribution in [-0.2, 0) is 17.6 Å². The Morgan fingerprint density at radius 2 is 1.91 bits per heavy atom. The zero-order valence-electron chi connectivity index (χ0n) is 19.4. The van der Waals surface area contributed by atoms with Crippen LogP contribution in [0.2, 0.25) is 0 Å². The third kappa shape index (κ3) is 3.66. The number of piperidine rings is 1. The fourth-order valence-electron chi connectivity index (χ4n) is 5.64. The van der Waals surface area contributed by atoms with Gasteiger partial charge < -0.3 is 25.4 Å². The van der Waals surface area contributed by atoms with Crippen LogP contribution in [0.3, 0.4) is 0 Å². The van der Waals surface area contributed by atoms with Gasteiger partial charge in [-0.3, -0.25) is 4.98 Å². The molecule has 3 aliphatic heterocycles. The van der Waals surface area contributed by atoms with Gasteiger partial charge in [-0.1, -0.05) is 17.8 Å². The Bertz CT molecular complexity index is 1260. The van der Waals surface area contributed by atoms with Crippen molar-refractivity contribution in [2.24, 2.45) is 5.41 Å². The molecule has 4 aliphatic rings. The van der Waals surface area contributed by atoms with Crippen LogP contribution in [0.15, 0.2) is 46.7 Å². The van der Waals surface area contributed by atoms with Gasteiger partial charge in [-0.05, 0) is 48.8 Å². The summed E-state index contributed by atoms with van der Waals surface area (Å²) in [6, 6.07) is 6.20. The first-order valence-corrected chi connectivity index (χ1v) is 12.9. The molecule has 0 bridgehead atoms. The zero-order chi connectivity index (χ0) is 23.5. The lowest BCUT2D eigenvalue weighted by Gasteiger charge is -2.45. The van der Waals surface area contributed by atoms with Crippen molar-refractivity contribution in [2.45, 2.75) is 41.1 Å². The molecule has 1 aliphatic carbocycles. The van der Waals surface area contributed by atoms with Gasteiger partial charge in [0, 0.05) is 31.2 Å². The highest BCUT2D eigenvalue weighted by molar-refractivity contribution is 7.99. The Morgan fingerprint density at radius 1 is 1.03 bits per heavy atom. The molecule has 2 saturated heterocycles. The van der Waals surface area contributed by atoms with E-state index in [-0.39, 0.29) is 5.54 Å². The first-order valence-electron chi connectivity index (χ1n) is 12.1. The molecule has 10 heteroatoms. The molecule has 35 heavy (non-hydrogen) atoms. The monoisotopic (exact) mass is 489 g/mol. The van der Waals surface area contributed by atoms with Crippen LogP contribution in [0, 0.1) is 5.41 Å². The van der Waals surface area contributed by atoms with Crippen LogP contribution in [0.4, 0.5) is 17.5 Å². The van der Waals surface area contributed by atoms with Gasteiger partial charge >= 0.3 is 0 Å². The van der Waals surface area contributed by atoms with Crippen LogP contribution in [0.5, 0.6) is 5.75 Å². The summed E-state index contributed by atoms with van der Waals surface area (Å²) in [6.07, 6.45) is 10.00. The maximum Gasteiger partial charge on any atom is 0.175 e. The molecule has 0 amide bonds. The van der Waals surface area contributed by atoms with Gasteiger partial charge in [0.1, 0.15) is 23.0 Å². The number of nitrogens with zero attached hydrogens (tertiary/aromatic N) is 5. The smallest absolute Gasteiger partial charge is 0.175 e. The summed E-state index contributed by atoms with van der Waals surface area (Å²) in [4.78, 5) is 21.7. The molecule has 0 saturated carbocycles. The molecule has 0 aromatic carbocycles. The topological polar surface area (TPSA) is 111 Å². The normalized spacial score (nSPS) is 21.1. The Balaban J connectivity index is 1.04. The average Bonchev–Trinajstić information content (AvgIpc) is 3.22. The number of nitrogens with two attached hydrogens (primary N) is 1. The molecule has 2 fully saturated rings. The number of hydrogen-bond donors (Lipinski definition) is 2. The molecule has 9 nitrogen and oxygen atoms in total. The molecule has 0 atom stereocenters. The SMILES string of the molecule is Nc1nc(N2CCC3(CC2)Cc2cccnc2C3)cnc1Sc1ccnc2c1OCC1(COC1)N2.